The van der Waals surface area contributed by atoms with Crippen molar-refractivity contribution in [1.29, 1.82) is 0 Å². The highest BCUT2D eigenvalue weighted by Crippen LogP contribution is 2.31. The summed E-state index contributed by atoms with van der Waals surface area (Å²) < 4.78 is 38.3. The van der Waals surface area contributed by atoms with Gasteiger partial charge in [0, 0.05) is 19.2 Å². The molecule has 2 rings (SSSR count). The second kappa shape index (κ2) is 4.40. The zero-order valence-electron chi connectivity index (χ0n) is 10.8. The van der Waals surface area contributed by atoms with E-state index < -0.39 is 17.8 Å². The number of alkyl halides is 3. The van der Waals surface area contributed by atoms with Gasteiger partial charge in [0.15, 0.2) is 0 Å². The van der Waals surface area contributed by atoms with Gasteiger partial charge in [0.25, 0.3) is 5.56 Å². The Morgan fingerprint density at radius 3 is 2.53 bits per heavy atom. The molecule has 104 valence electrons. The average molecular weight is 273 g/mol. The topological polar surface area (TPSA) is 48.5 Å². The van der Waals surface area contributed by atoms with Crippen molar-refractivity contribution in [1.82, 2.24) is 9.99 Å². The molecule has 1 N–H and O–H groups in total. The first kappa shape index (κ1) is 13.6. The summed E-state index contributed by atoms with van der Waals surface area (Å²) in [7, 11) is 1.27. The molecule has 1 aliphatic rings. The molecule has 7 heteroatoms. The van der Waals surface area contributed by atoms with Crippen molar-refractivity contribution in [2.75, 3.05) is 7.05 Å². The molecule has 0 aliphatic carbocycles. The van der Waals surface area contributed by atoms with Crippen LogP contribution in [0.5, 0.6) is 0 Å². The molecule has 4 nitrogen and oxygen atoms in total. The summed E-state index contributed by atoms with van der Waals surface area (Å²) in [6, 6.07) is 0.0581. The standard InChI is InChI=1S/C12H14F3N3O/c1-6-4-7(2)16-11(19)10(6)8-5-9(12(13,14)15)18(3)17-8/h4,9H,5H2,1-3H3,(H,16,19)/t9-/m0/s1. The molecule has 1 aliphatic heterocycles. The second-order valence-corrected chi connectivity index (χ2v) is 4.72. The summed E-state index contributed by atoms with van der Waals surface area (Å²) in [6.07, 6.45) is -4.65. The van der Waals surface area contributed by atoms with Gasteiger partial charge in [-0.2, -0.15) is 18.3 Å². The molecule has 0 amide bonds. The molecule has 0 saturated heterocycles. The fourth-order valence-electron chi connectivity index (χ4n) is 2.31. The predicted octanol–water partition coefficient (Wildman–Crippen LogP) is 1.96. The number of hydrogen-bond donors (Lipinski definition) is 1. The third kappa shape index (κ3) is 2.50. The van der Waals surface area contributed by atoms with Gasteiger partial charge in [-0.3, -0.25) is 9.80 Å². The van der Waals surface area contributed by atoms with Gasteiger partial charge in [0.2, 0.25) is 0 Å². The van der Waals surface area contributed by atoms with Gasteiger partial charge in [-0.15, -0.1) is 0 Å². The summed E-state index contributed by atoms with van der Waals surface area (Å²) in [5.41, 5.74) is 1.34. The van der Waals surface area contributed by atoms with E-state index in [2.05, 4.69) is 10.1 Å². The maximum Gasteiger partial charge on any atom is 0.410 e. The Balaban J connectivity index is 2.41. The van der Waals surface area contributed by atoms with Crippen LogP contribution in [0.25, 0.3) is 0 Å². The van der Waals surface area contributed by atoms with Crippen molar-refractivity contribution in [3.8, 4) is 0 Å². The van der Waals surface area contributed by atoms with Gasteiger partial charge in [0.1, 0.15) is 6.04 Å². The van der Waals surface area contributed by atoms with Crippen LogP contribution < -0.4 is 5.56 Å². The fraction of sp³-hybridized carbons (Fsp3) is 0.500. The van der Waals surface area contributed by atoms with Gasteiger partial charge in [-0.1, -0.05) is 0 Å². The monoisotopic (exact) mass is 273 g/mol. The Hall–Kier alpha value is -1.79. The summed E-state index contributed by atoms with van der Waals surface area (Å²) >= 11 is 0. The molecule has 1 atom stereocenters. The number of rotatable bonds is 1. The number of nitrogens with one attached hydrogen (secondary N) is 1. The molecule has 1 aromatic rings. The lowest BCUT2D eigenvalue weighted by Crippen LogP contribution is -2.38. The first-order valence-corrected chi connectivity index (χ1v) is 5.78. The van der Waals surface area contributed by atoms with Crippen molar-refractivity contribution >= 4 is 5.71 Å². The molecule has 0 saturated carbocycles. The van der Waals surface area contributed by atoms with Crippen LogP contribution in [-0.4, -0.2) is 35.0 Å². The van der Waals surface area contributed by atoms with E-state index >= 15 is 0 Å². The molecule has 0 aromatic carbocycles. The van der Waals surface area contributed by atoms with E-state index in [1.807, 2.05) is 0 Å². The Kier molecular flexibility index (Phi) is 3.15. The number of pyridine rings is 1. The lowest BCUT2D eigenvalue weighted by atomic mass is 10.0. The molecule has 0 fully saturated rings. The Labute approximate surface area is 107 Å². The van der Waals surface area contributed by atoms with E-state index in [0.29, 0.717) is 11.3 Å². The molecule has 1 aromatic heterocycles. The van der Waals surface area contributed by atoms with E-state index in [4.69, 9.17) is 0 Å². The summed E-state index contributed by atoms with van der Waals surface area (Å²) in [5.74, 6) is 0. The average Bonchev–Trinajstić information content (AvgIpc) is 2.57. The number of hydrogen-bond acceptors (Lipinski definition) is 3. The smallest absolute Gasteiger partial charge is 0.326 e. The van der Waals surface area contributed by atoms with Gasteiger partial charge in [-0.25, -0.2) is 0 Å². The van der Waals surface area contributed by atoms with Crippen LogP contribution >= 0.6 is 0 Å². The quantitative estimate of drug-likeness (QED) is 0.850. The van der Waals surface area contributed by atoms with Crippen LogP contribution in [0.1, 0.15) is 23.2 Å². The maximum atomic E-state index is 12.8. The highest BCUT2D eigenvalue weighted by atomic mass is 19.4. The lowest BCUT2D eigenvalue weighted by Gasteiger charge is -2.21. The van der Waals surface area contributed by atoms with Gasteiger partial charge in [-0.05, 0) is 25.5 Å². The largest absolute Gasteiger partial charge is 0.410 e. The van der Waals surface area contributed by atoms with Crippen LogP contribution in [0.3, 0.4) is 0 Å². The molecule has 0 spiro atoms. The normalized spacial score (nSPS) is 19.8. The first-order valence-electron chi connectivity index (χ1n) is 5.78. The summed E-state index contributed by atoms with van der Waals surface area (Å²) in [5, 5.41) is 4.74. The van der Waals surface area contributed by atoms with Gasteiger partial charge < -0.3 is 4.98 Å². The van der Waals surface area contributed by atoms with E-state index in [1.165, 1.54) is 7.05 Å². The van der Waals surface area contributed by atoms with Crippen LogP contribution in [0.4, 0.5) is 13.2 Å². The van der Waals surface area contributed by atoms with Crippen molar-refractivity contribution < 1.29 is 13.2 Å². The third-order valence-corrected chi connectivity index (χ3v) is 3.15. The molecular formula is C12H14F3N3O. The fourth-order valence-corrected chi connectivity index (χ4v) is 2.31. The molecule has 19 heavy (non-hydrogen) atoms. The van der Waals surface area contributed by atoms with Crippen LogP contribution in [0, 0.1) is 13.8 Å². The summed E-state index contributed by atoms with van der Waals surface area (Å²) in [4.78, 5) is 14.5. The molecule has 0 radical (unpaired) electrons. The number of aromatic amines is 1. The Morgan fingerprint density at radius 1 is 1.42 bits per heavy atom. The highest BCUT2D eigenvalue weighted by Gasteiger charge is 2.46. The summed E-state index contributed by atoms with van der Waals surface area (Å²) in [6.45, 7) is 3.42. The van der Waals surface area contributed by atoms with Crippen LogP contribution in [0.15, 0.2) is 16.0 Å². The molecular weight excluding hydrogens is 259 g/mol. The zero-order chi connectivity index (χ0) is 14.4. The maximum absolute atomic E-state index is 12.8. The lowest BCUT2D eigenvalue weighted by molar-refractivity contribution is -0.174. The third-order valence-electron chi connectivity index (χ3n) is 3.15. The number of nitrogens with zero attached hydrogens (tertiary/aromatic N) is 2. The number of H-pyrrole nitrogens is 1. The number of hydrazone groups is 1. The molecule has 0 unspecified atom stereocenters. The van der Waals surface area contributed by atoms with Crippen molar-refractivity contribution in [2.24, 2.45) is 5.10 Å². The SMILES string of the molecule is Cc1cc(C)c(C2=NN(C)[C@H](C(F)(F)F)C2)c(=O)[nH]1. The number of aromatic nitrogens is 1. The van der Waals surface area contributed by atoms with Crippen molar-refractivity contribution in [3.63, 3.8) is 0 Å². The molecule has 0 bridgehead atoms. The Morgan fingerprint density at radius 2 is 2.05 bits per heavy atom. The van der Waals surface area contributed by atoms with Crippen molar-refractivity contribution in [3.05, 3.63) is 33.2 Å². The van der Waals surface area contributed by atoms with E-state index in [-0.39, 0.29) is 17.7 Å². The number of aryl methyl sites for hydroxylation is 2. The van der Waals surface area contributed by atoms with Crippen molar-refractivity contribution in [2.45, 2.75) is 32.5 Å². The minimum Gasteiger partial charge on any atom is -0.326 e. The van der Waals surface area contributed by atoms with E-state index in [0.717, 1.165) is 5.01 Å². The second-order valence-electron chi connectivity index (χ2n) is 4.72. The minimum atomic E-state index is -4.36. The van der Waals surface area contributed by atoms with Gasteiger partial charge in [0.05, 0.1) is 11.3 Å². The molecule has 2 heterocycles. The first-order chi connectivity index (χ1) is 8.70. The van der Waals surface area contributed by atoms with Gasteiger partial charge >= 0.3 is 6.18 Å². The number of halogens is 3. The van der Waals surface area contributed by atoms with Crippen LogP contribution in [0.2, 0.25) is 0 Å². The van der Waals surface area contributed by atoms with E-state index in [1.54, 1.807) is 19.9 Å². The van der Waals surface area contributed by atoms with Crippen LogP contribution in [-0.2, 0) is 0 Å². The van der Waals surface area contributed by atoms with E-state index in [9.17, 15) is 18.0 Å². The zero-order valence-corrected chi connectivity index (χ0v) is 10.8. The minimum absolute atomic E-state index is 0.184. The predicted molar refractivity (Wildman–Crippen MR) is 65.3 cm³/mol. The Bertz CT molecular complexity index is 589. The highest BCUT2D eigenvalue weighted by molar-refractivity contribution is 6.02.